The third-order valence-corrected chi connectivity index (χ3v) is 5.62. The van der Waals surface area contributed by atoms with E-state index in [-0.39, 0.29) is 16.5 Å². The van der Waals surface area contributed by atoms with E-state index in [1.165, 1.54) is 48.0 Å². The second-order valence-electron chi connectivity index (χ2n) is 6.32. The lowest BCUT2D eigenvalue weighted by Gasteiger charge is -2.18. The summed E-state index contributed by atoms with van der Waals surface area (Å²) in [7, 11) is 1.42. The average Bonchev–Trinajstić information content (AvgIpc) is 3.00. The van der Waals surface area contributed by atoms with Crippen molar-refractivity contribution in [3.8, 4) is 6.07 Å². The molecule has 0 bridgehead atoms. The first-order chi connectivity index (χ1) is 13.4. The number of anilines is 1. The monoisotopic (exact) mass is 395 g/mol. The molecule has 2 aromatic carbocycles. The van der Waals surface area contributed by atoms with Crippen molar-refractivity contribution in [2.24, 2.45) is 0 Å². The highest BCUT2D eigenvalue weighted by atomic mass is 32.2. The fraction of sp³-hybridized carbons (Fsp3) is 0.190. The van der Waals surface area contributed by atoms with E-state index in [1.807, 2.05) is 37.3 Å². The van der Waals surface area contributed by atoms with Crippen molar-refractivity contribution < 1.29 is 14.0 Å². The molecule has 0 saturated carbocycles. The molecule has 1 aliphatic rings. The molecular formula is C21H18FN3O2S. The van der Waals surface area contributed by atoms with Gasteiger partial charge in [0.15, 0.2) is 0 Å². The normalized spacial score (nSPS) is 18.0. The number of amides is 2. The van der Waals surface area contributed by atoms with E-state index in [0.717, 1.165) is 11.1 Å². The van der Waals surface area contributed by atoms with Gasteiger partial charge in [-0.05, 0) is 43.2 Å². The highest BCUT2D eigenvalue weighted by Gasteiger charge is 2.40. The van der Waals surface area contributed by atoms with E-state index in [1.54, 1.807) is 0 Å². The zero-order valence-corrected chi connectivity index (χ0v) is 16.2. The van der Waals surface area contributed by atoms with Crippen LogP contribution in [0.3, 0.4) is 0 Å². The van der Waals surface area contributed by atoms with Crippen LogP contribution in [0.5, 0.6) is 0 Å². The molecule has 1 saturated heterocycles. The van der Waals surface area contributed by atoms with Crippen molar-refractivity contribution in [3.63, 3.8) is 0 Å². The van der Waals surface area contributed by atoms with Crippen LogP contribution in [-0.4, -0.2) is 24.1 Å². The maximum Gasteiger partial charge on any atom is 0.264 e. The van der Waals surface area contributed by atoms with E-state index in [9.17, 15) is 19.2 Å². The Bertz CT molecular complexity index is 978. The molecule has 3 rings (SSSR count). The third kappa shape index (κ3) is 3.92. The fourth-order valence-corrected chi connectivity index (χ4v) is 4.18. The standard InChI is InChI=1S/C21H18FN3O2S/c1-13-3-5-14(6-4-13)11-18-20(27)25(16-9-7-15(22)8-10-16)21(28-18)17(12-23)19(26)24-2/h3-10,18H,11H2,1-2H3,(H,24,26). The van der Waals surface area contributed by atoms with E-state index >= 15 is 0 Å². The number of carbonyl (C=O) groups excluding carboxylic acids is 2. The summed E-state index contributed by atoms with van der Waals surface area (Å²) >= 11 is 1.18. The van der Waals surface area contributed by atoms with Crippen LogP contribution in [0.25, 0.3) is 0 Å². The first-order valence-electron chi connectivity index (χ1n) is 8.62. The van der Waals surface area contributed by atoms with Crippen LogP contribution in [0.4, 0.5) is 10.1 Å². The van der Waals surface area contributed by atoms with Gasteiger partial charge in [-0.3, -0.25) is 14.5 Å². The molecule has 7 heteroatoms. The lowest BCUT2D eigenvalue weighted by atomic mass is 10.1. The Hall–Kier alpha value is -3.11. The van der Waals surface area contributed by atoms with E-state index in [2.05, 4.69) is 5.32 Å². The van der Waals surface area contributed by atoms with Gasteiger partial charge in [-0.2, -0.15) is 5.26 Å². The zero-order chi connectivity index (χ0) is 20.3. The molecule has 2 aromatic rings. The highest BCUT2D eigenvalue weighted by molar-refractivity contribution is 8.05. The summed E-state index contributed by atoms with van der Waals surface area (Å²) in [5, 5.41) is 11.7. The molecule has 1 atom stereocenters. The lowest BCUT2D eigenvalue weighted by molar-refractivity contribution is -0.117. The number of aryl methyl sites for hydroxylation is 1. The van der Waals surface area contributed by atoms with Crippen LogP contribution in [-0.2, 0) is 16.0 Å². The average molecular weight is 395 g/mol. The number of hydrogen-bond acceptors (Lipinski definition) is 4. The summed E-state index contributed by atoms with van der Waals surface area (Å²) in [5.41, 5.74) is 2.37. The molecule has 5 nitrogen and oxygen atoms in total. The number of likely N-dealkylation sites (N-methyl/N-ethyl adjacent to an activating group) is 1. The Labute approximate surface area is 166 Å². The van der Waals surface area contributed by atoms with Gasteiger partial charge in [0.25, 0.3) is 5.91 Å². The molecule has 142 valence electrons. The smallest absolute Gasteiger partial charge is 0.264 e. The largest absolute Gasteiger partial charge is 0.354 e. The van der Waals surface area contributed by atoms with Crippen LogP contribution >= 0.6 is 11.8 Å². The Balaban J connectivity index is 2.03. The maximum atomic E-state index is 13.3. The second kappa shape index (κ2) is 8.28. The van der Waals surface area contributed by atoms with E-state index in [4.69, 9.17) is 0 Å². The number of nitrogens with zero attached hydrogens (tertiary/aromatic N) is 2. The van der Waals surface area contributed by atoms with Gasteiger partial charge in [0.05, 0.1) is 5.25 Å². The van der Waals surface area contributed by atoms with Crippen molar-refractivity contribution in [2.75, 3.05) is 11.9 Å². The van der Waals surface area contributed by atoms with Crippen LogP contribution in [0.1, 0.15) is 11.1 Å². The van der Waals surface area contributed by atoms with Gasteiger partial charge in [-0.1, -0.05) is 41.6 Å². The second-order valence-corrected chi connectivity index (χ2v) is 7.51. The molecular weight excluding hydrogens is 377 g/mol. The summed E-state index contributed by atoms with van der Waals surface area (Å²) in [4.78, 5) is 26.6. The molecule has 1 fully saturated rings. The Morgan fingerprint density at radius 2 is 1.86 bits per heavy atom. The van der Waals surface area contributed by atoms with Crippen LogP contribution in [0, 0.1) is 24.1 Å². The van der Waals surface area contributed by atoms with Crippen molar-refractivity contribution in [1.29, 1.82) is 5.26 Å². The van der Waals surface area contributed by atoms with Gasteiger partial charge >= 0.3 is 0 Å². The highest BCUT2D eigenvalue weighted by Crippen LogP contribution is 2.41. The number of nitriles is 1. The molecule has 28 heavy (non-hydrogen) atoms. The molecule has 1 aliphatic heterocycles. The van der Waals surface area contributed by atoms with Gasteiger partial charge in [-0.25, -0.2) is 4.39 Å². The first-order valence-corrected chi connectivity index (χ1v) is 9.50. The number of rotatable bonds is 4. The lowest BCUT2D eigenvalue weighted by Crippen LogP contribution is -2.31. The Kier molecular flexibility index (Phi) is 5.81. The number of thioether (sulfide) groups is 1. The van der Waals surface area contributed by atoms with Gasteiger partial charge in [-0.15, -0.1) is 0 Å². The molecule has 1 unspecified atom stereocenters. The zero-order valence-electron chi connectivity index (χ0n) is 15.4. The molecule has 0 aromatic heterocycles. The summed E-state index contributed by atoms with van der Waals surface area (Å²) < 4.78 is 13.3. The predicted octanol–water partition coefficient (Wildman–Crippen LogP) is 3.31. The maximum absolute atomic E-state index is 13.3. The Morgan fingerprint density at radius 1 is 1.21 bits per heavy atom. The minimum atomic E-state index is -0.569. The van der Waals surface area contributed by atoms with Gasteiger partial charge in [0.2, 0.25) is 5.91 Å². The van der Waals surface area contributed by atoms with Crippen molar-refractivity contribution in [1.82, 2.24) is 5.32 Å². The SMILES string of the molecule is CNC(=O)C(C#N)=C1SC(Cc2ccc(C)cc2)C(=O)N1c1ccc(F)cc1. The fourth-order valence-electron chi connectivity index (χ4n) is 2.88. The van der Waals surface area contributed by atoms with Crippen LogP contribution < -0.4 is 10.2 Å². The molecule has 1 heterocycles. The number of benzene rings is 2. The molecule has 2 amide bonds. The summed E-state index contributed by atoms with van der Waals surface area (Å²) in [6, 6.07) is 15.1. The number of halogens is 1. The van der Waals surface area contributed by atoms with Crippen molar-refractivity contribution in [3.05, 3.63) is 76.1 Å². The molecule has 0 radical (unpaired) electrons. The molecule has 0 aliphatic carbocycles. The van der Waals surface area contributed by atoms with E-state index in [0.29, 0.717) is 12.1 Å². The van der Waals surface area contributed by atoms with Gasteiger partial charge in [0, 0.05) is 12.7 Å². The minimum absolute atomic E-state index is 0.142. The summed E-state index contributed by atoms with van der Waals surface area (Å²) in [6.45, 7) is 1.99. The van der Waals surface area contributed by atoms with Gasteiger partial charge in [0.1, 0.15) is 22.5 Å². The Morgan fingerprint density at radius 3 is 2.43 bits per heavy atom. The van der Waals surface area contributed by atoms with Crippen LogP contribution in [0.15, 0.2) is 59.1 Å². The molecule has 0 spiro atoms. The molecule has 1 N–H and O–H groups in total. The predicted molar refractivity (Wildman–Crippen MR) is 107 cm³/mol. The quantitative estimate of drug-likeness (QED) is 0.637. The summed E-state index contributed by atoms with van der Waals surface area (Å²) in [6.07, 6.45) is 0.456. The van der Waals surface area contributed by atoms with Gasteiger partial charge < -0.3 is 5.32 Å². The number of carbonyl (C=O) groups is 2. The minimum Gasteiger partial charge on any atom is -0.354 e. The van der Waals surface area contributed by atoms with Crippen molar-refractivity contribution >= 4 is 29.3 Å². The topological polar surface area (TPSA) is 73.2 Å². The number of nitrogens with one attached hydrogen (secondary N) is 1. The number of hydrogen-bond donors (Lipinski definition) is 1. The summed E-state index contributed by atoms with van der Waals surface area (Å²) in [5.74, 6) is -1.25. The van der Waals surface area contributed by atoms with Crippen LogP contribution in [0.2, 0.25) is 0 Å². The van der Waals surface area contributed by atoms with Crippen molar-refractivity contribution in [2.45, 2.75) is 18.6 Å². The first kappa shape index (κ1) is 19.6. The third-order valence-electron chi connectivity index (χ3n) is 4.36. The van der Waals surface area contributed by atoms with E-state index < -0.39 is 17.0 Å².